The molecular formula is C61H105N9. The van der Waals surface area contributed by atoms with E-state index in [1.165, 1.54) is 42.6 Å². The van der Waals surface area contributed by atoms with E-state index in [0.29, 0.717) is 35.5 Å². The van der Waals surface area contributed by atoms with Crippen LogP contribution in [-0.4, -0.2) is 45.1 Å². The minimum Gasteiger partial charge on any atom is -0.261 e. The smallest absolute Gasteiger partial charge is 0.130 e. The van der Waals surface area contributed by atoms with Gasteiger partial charge in [0.05, 0.1) is 11.4 Å². The molecule has 0 saturated carbocycles. The topological polar surface area (TPSA) is 116 Å². The molecule has 1 aliphatic carbocycles. The maximum absolute atomic E-state index is 4.71. The van der Waals surface area contributed by atoms with E-state index in [9.17, 15) is 0 Å². The predicted octanol–water partition coefficient (Wildman–Crippen LogP) is 18.5. The lowest BCUT2D eigenvalue weighted by atomic mass is 9.95. The van der Waals surface area contributed by atoms with Crippen molar-refractivity contribution in [3.8, 4) is 0 Å². The van der Waals surface area contributed by atoms with Gasteiger partial charge in [-0.1, -0.05) is 184 Å². The van der Waals surface area contributed by atoms with E-state index in [-0.39, 0.29) is 0 Å². The van der Waals surface area contributed by atoms with Crippen LogP contribution in [0.25, 0.3) is 0 Å². The molecule has 1 aliphatic rings. The largest absolute Gasteiger partial charge is 0.261 e. The second-order valence-electron chi connectivity index (χ2n) is 15.9. The van der Waals surface area contributed by atoms with Gasteiger partial charge in [0.25, 0.3) is 0 Å². The van der Waals surface area contributed by atoms with E-state index in [1.54, 1.807) is 37.2 Å². The molecule has 6 heterocycles. The Kier molecular flexibility index (Phi) is 55.8. The molecule has 0 unspecified atom stereocenters. The van der Waals surface area contributed by atoms with Crippen molar-refractivity contribution >= 4 is 0 Å². The maximum atomic E-state index is 4.71. The van der Waals surface area contributed by atoms with Gasteiger partial charge in [0.2, 0.25) is 0 Å². The lowest BCUT2D eigenvalue weighted by Crippen LogP contribution is -2.07. The Morgan fingerprint density at radius 1 is 0.343 bits per heavy atom. The van der Waals surface area contributed by atoms with E-state index in [4.69, 9.17) is 4.98 Å². The van der Waals surface area contributed by atoms with E-state index in [0.717, 1.165) is 28.6 Å². The van der Waals surface area contributed by atoms with Crippen LogP contribution < -0.4 is 0 Å². The molecule has 70 heavy (non-hydrogen) atoms. The number of nitrogens with zero attached hydrogens (tertiary/aromatic N) is 9. The van der Waals surface area contributed by atoms with E-state index in [2.05, 4.69) is 135 Å². The normalized spacial score (nSPS) is 9.97. The standard InChI is InChI=1S/C12H17N.2C8H11N.3C7H10N2.6C2H6/c1-9(2)11-8-7-10-5-3-4-6-12(10)13-11;2*1-7(2)8-5-3-4-6-9-8;1-6(2)7-5-8-3-4-9-7;1-6(2)7-8-4-3-5-9-7;1-6(2)7-4-3-5-8-9-7;6*1-2/h7-9H,3-6H2,1-2H3;2*3-7H,1-2H3;3*3-6H,1-2H3;6*1-2H3. The molecule has 0 amide bonds. The van der Waals surface area contributed by atoms with Crippen molar-refractivity contribution in [1.82, 2.24) is 45.1 Å². The molecule has 0 aliphatic heterocycles. The van der Waals surface area contributed by atoms with Crippen LogP contribution >= 0.6 is 0 Å². The van der Waals surface area contributed by atoms with Gasteiger partial charge in [-0.05, 0) is 109 Å². The summed E-state index contributed by atoms with van der Waals surface area (Å²) in [5.41, 5.74) is 8.53. The van der Waals surface area contributed by atoms with Crippen LogP contribution in [0.4, 0.5) is 0 Å². The molecule has 9 heteroatoms. The lowest BCUT2D eigenvalue weighted by molar-refractivity contribution is 0.657. The number of fused-ring (bicyclic) bond motifs is 1. The van der Waals surface area contributed by atoms with Crippen LogP contribution in [0.3, 0.4) is 0 Å². The van der Waals surface area contributed by atoms with Crippen molar-refractivity contribution < 1.29 is 0 Å². The van der Waals surface area contributed by atoms with Gasteiger partial charge in [0, 0.05) is 78.3 Å². The zero-order valence-corrected chi connectivity index (χ0v) is 49.3. The van der Waals surface area contributed by atoms with Gasteiger partial charge >= 0.3 is 0 Å². The quantitative estimate of drug-likeness (QED) is 0.161. The molecule has 0 atom stereocenters. The van der Waals surface area contributed by atoms with Gasteiger partial charge in [-0.15, -0.1) is 0 Å². The predicted molar refractivity (Wildman–Crippen MR) is 308 cm³/mol. The molecule has 6 aromatic rings. The Labute approximate surface area is 432 Å². The molecular weight excluding hydrogens is 859 g/mol. The molecule has 0 saturated heterocycles. The number of aromatic nitrogens is 9. The van der Waals surface area contributed by atoms with Crippen LogP contribution in [0.15, 0.2) is 116 Å². The minimum absolute atomic E-state index is 0.436. The fraction of sp³-hybridized carbons (Fsp3) is 0.557. The van der Waals surface area contributed by atoms with Crippen molar-refractivity contribution in [2.45, 2.75) is 227 Å². The fourth-order valence-corrected chi connectivity index (χ4v) is 5.19. The zero-order chi connectivity index (χ0) is 54.7. The third-order valence-corrected chi connectivity index (χ3v) is 8.81. The van der Waals surface area contributed by atoms with Crippen molar-refractivity contribution in [2.24, 2.45) is 0 Å². The molecule has 0 fully saturated rings. The molecule has 9 nitrogen and oxygen atoms in total. The molecule has 0 spiro atoms. The van der Waals surface area contributed by atoms with Gasteiger partial charge in [-0.3, -0.25) is 24.9 Å². The first-order chi connectivity index (χ1) is 33.8. The molecule has 0 radical (unpaired) electrons. The summed E-state index contributed by atoms with van der Waals surface area (Å²) in [5.74, 6) is 3.98. The third kappa shape index (κ3) is 38.5. The van der Waals surface area contributed by atoms with Crippen molar-refractivity contribution in [3.05, 3.63) is 162 Å². The van der Waals surface area contributed by atoms with Crippen LogP contribution in [0, 0.1) is 0 Å². The molecule has 0 N–H and O–H groups in total. The Hall–Kier alpha value is -5.31. The number of hydrogen-bond donors (Lipinski definition) is 0. The average Bonchev–Trinajstić information content (AvgIpc) is 3.44. The van der Waals surface area contributed by atoms with Gasteiger partial charge in [0.1, 0.15) is 5.82 Å². The molecule has 7 rings (SSSR count). The summed E-state index contributed by atoms with van der Waals surface area (Å²) < 4.78 is 0. The summed E-state index contributed by atoms with van der Waals surface area (Å²) in [6.07, 6.45) is 19.2. The average molecular weight is 965 g/mol. The maximum Gasteiger partial charge on any atom is 0.130 e. The van der Waals surface area contributed by atoms with Crippen LogP contribution in [-0.2, 0) is 12.8 Å². The molecule has 0 bridgehead atoms. The summed E-state index contributed by atoms with van der Waals surface area (Å²) in [7, 11) is 0. The summed E-state index contributed by atoms with van der Waals surface area (Å²) in [6.45, 7) is 49.5. The Bertz CT molecular complexity index is 1620. The summed E-state index contributed by atoms with van der Waals surface area (Å²) in [5, 5.41) is 7.68. The first kappa shape index (κ1) is 73.7. The Balaban J connectivity index is -0.000000232. The van der Waals surface area contributed by atoms with Gasteiger partial charge in [-0.25, -0.2) is 9.97 Å². The first-order valence-corrected chi connectivity index (χ1v) is 26.9. The monoisotopic (exact) mass is 964 g/mol. The summed E-state index contributed by atoms with van der Waals surface area (Å²) in [4.78, 5) is 29.3. The Morgan fingerprint density at radius 3 is 1.09 bits per heavy atom. The highest BCUT2D eigenvalue weighted by Crippen LogP contribution is 2.22. The van der Waals surface area contributed by atoms with Crippen LogP contribution in [0.2, 0.25) is 0 Å². The highest BCUT2D eigenvalue weighted by Gasteiger charge is 2.11. The van der Waals surface area contributed by atoms with E-state index < -0.39 is 0 Å². The number of aryl methyl sites for hydroxylation is 2. The minimum atomic E-state index is 0.436. The zero-order valence-electron chi connectivity index (χ0n) is 49.3. The van der Waals surface area contributed by atoms with Gasteiger partial charge in [0.15, 0.2) is 0 Å². The van der Waals surface area contributed by atoms with Crippen molar-refractivity contribution in [3.63, 3.8) is 0 Å². The molecule has 6 aromatic heterocycles. The van der Waals surface area contributed by atoms with Crippen LogP contribution in [0.1, 0.15) is 260 Å². The van der Waals surface area contributed by atoms with E-state index in [1.807, 2.05) is 150 Å². The van der Waals surface area contributed by atoms with Crippen LogP contribution in [0.5, 0.6) is 0 Å². The number of rotatable bonds is 6. The number of pyridine rings is 3. The van der Waals surface area contributed by atoms with Crippen molar-refractivity contribution in [2.75, 3.05) is 0 Å². The van der Waals surface area contributed by atoms with Gasteiger partial charge < -0.3 is 0 Å². The SMILES string of the molecule is CC.CC.CC.CC.CC.CC.CC(C)c1ccc2c(n1)CCCC2.CC(C)c1ccccn1.CC(C)c1ccccn1.CC(C)c1cccnn1.CC(C)c1cnccn1.CC(C)c1ncccn1. The second-order valence-corrected chi connectivity index (χ2v) is 15.9. The molecule has 0 aromatic carbocycles. The summed E-state index contributed by atoms with van der Waals surface area (Å²) >= 11 is 0. The first-order valence-electron chi connectivity index (χ1n) is 26.9. The summed E-state index contributed by atoms with van der Waals surface area (Å²) in [6, 6.07) is 22.2. The van der Waals surface area contributed by atoms with Crippen molar-refractivity contribution in [1.29, 1.82) is 0 Å². The fourth-order valence-electron chi connectivity index (χ4n) is 5.19. The highest BCUT2D eigenvalue weighted by molar-refractivity contribution is 5.26. The highest BCUT2D eigenvalue weighted by atomic mass is 15.1. The number of hydrogen-bond acceptors (Lipinski definition) is 9. The molecule has 394 valence electrons. The third-order valence-electron chi connectivity index (χ3n) is 8.81. The lowest BCUT2D eigenvalue weighted by Gasteiger charge is -2.16. The van der Waals surface area contributed by atoms with Gasteiger partial charge in [-0.2, -0.15) is 10.2 Å². The Morgan fingerprint density at radius 2 is 0.771 bits per heavy atom. The second kappa shape index (κ2) is 53.0. The van der Waals surface area contributed by atoms with E-state index >= 15 is 0 Å².